The van der Waals surface area contributed by atoms with Crippen molar-refractivity contribution in [3.8, 4) is 34.4 Å². The highest BCUT2D eigenvalue weighted by Crippen LogP contribution is 2.41. The first kappa shape index (κ1) is 15.9. The van der Waals surface area contributed by atoms with Crippen LogP contribution in [-0.4, -0.2) is 41.1 Å². The molecule has 0 fully saturated rings. The SMILES string of the molecule is COc1cc(-c2nc3cc(-n4cnnc4)ccc3o2)cc(OC)c1OC. The molecule has 0 unspecified atom stereocenters. The van der Waals surface area contributed by atoms with Crippen molar-refractivity contribution in [3.63, 3.8) is 0 Å². The summed E-state index contributed by atoms with van der Waals surface area (Å²) in [4.78, 5) is 4.59. The number of aromatic nitrogens is 4. The van der Waals surface area contributed by atoms with E-state index < -0.39 is 0 Å². The maximum atomic E-state index is 5.90. The summed E-state index contributed by atoms with van der Waals surface area (Å²) >= 11 is 0. The Bertz CT molecular complexity index is 1030. The van der Waals surface area contributed by atoms with Gasteiger partial charge in [-0.05, 0) is 30.3 Å². The normalized spacial score (nSPS) is 10.9. The first-order valence-corrected chi connectivity index (χ1v) is 7.79. The molecule has 0 atom stereocenters. The van der Waals surface area contributed by atoms with Gasteiger partial charge in [0.25, 0.3) is 0 Å². The largest absolute Gasteiger partial charge is 0.493 e. The molecule has 2 aromatic heterocycles. The molecule has 0 amide bonds. The van der Waals surface area contributed by atoms with E-state index in [1.807, 2.05) is 18.2 Å². The first-order chi connectivity index (χ1) is 12.7. The smallest absolute Gasteiger partial charge is 0.227 e. The minimum absolute atomic E-state index is 0.458. The molecule has 4 rings (SSSR count). The Balaban J connectivity index is 1.81. The van der Waals surface area contributed by atoms with E-state index in [1.54, 1.807) is 50.7 Å². The van der Waals surface area contributed by atoms with Crippen molar-refractivity contribution in [2.45, 2.75) is 0 Å². The highest BCUT2D eigenvalue weighted by Gasteiger charge is 2.17. The van der Waals surface area contributed by atoms with Crippen LogP contribution in [0.5, 0.6) is 17.2 Å². The molecule has 0 aliphatic rings. The van der Waals surface area contributed by atoms with E-state index in [0.717, 1.165) is 16.8 Å². The summed E-state index contributed by atoms with van der Waals surface area (Å²) in [6.07, 6.45) is 3.25. The number of hydrogen-bond donors (Lipinski definition) is 0. The predicted molar refractivity (Wildman–Crippen MR) is 94.0 cm³/mol. The third kappa shape index (κ3) is 2.61. The first-order valence-electron chi connectivity index (χ1n) is 7.79. The van der Waals surface area contributed by atoms with Crippen LogP contribution >= 0.6 is 0 Å². The molecule has 0 saturated heterocycles. The molecular weight excluding hydrogens is 336 g/mol. The third-order valence-corrected chi connectivity index (χ3v) is 4.00. The second-order valence-electron chi connectivity index (χ2n) is 5.45. The molecule has 132 valence electrons. The second-order valence-corrected chi connectivity index (χ2v) is 5.45. The van der Waals surface area contributed by atoms with Gasteiger partial charge in [-0.15, -0.1) is 10.2 Å². The molecule has 0 radical (unpaired) electrons. The van der Waals surface area contributed by atoms with Gasteiger partial charge in [-0.1, -0.05) is 0 Å². The molecule has 4 aromatic rings. The number of nitrogens with zero attached hydrogens (tertiary/aromatic N) is 4. The molecule has 8 heteroatoms. The van der Waals surface area contributed by atoms with Gasteiger partial charge >= 0.3 is 0 Å². The standard InChI is InChI=1S/C18H16N4O4/c1-23-15-6-11(7-16(24-2)17(15)25-3)18-21-13-8-12(4-5-14(13)26-18)22-9-19-20-10-22/h4-10H,1-3H3. The van der Waals surface area contributed by atoms with Crippen LogP contribution in [0.2, 0.25) is 0 Å². The highest BCUT2D eigenvalue weighted by atomic mass is 16.5. The van der Waals surface area contributed by atoms with Gasteiger partial charge in [0.15, 0.2) is 17.1 Å². The van der Waals surface area contributed by atoms with Crippen LogP contribution in [0.3, 0.4) is 0 Å². The predicted octanol–water partition coefficient (Wildman–Crippen LogP) is 3.10. The number of methoxy groups -OCH3 is 3. The van der Waals surface area contributed by atoms with Gasteiger partial charge in [0.1, 0.15) is 18.2 Å². The molecule has 0 aliphatic carbocycles. The molecule has 2 aromatic carbocycles. The second kappa shape index (κ2) is 6.40. The summed E-state index contributed by atoms with van der Waals surface area (Å²) in [6.45, 7) is 0. The van der Waals surface area contributed by atoms with Crippen LogP contribution < -0.4 is 14.2 Å². The van der Waals surface area contributed by atoms with Crippen LogP contribution in [0.4, 0.5) is 0 Å². The molecular formula is C18H16N4O4. The van der Waals surface area contributed by atoms with Gasteiger partial charge in [0.05, 0.1) is 27.0 Å². The minimum Gasteiger partial charge on any atom is -0.493 e. The molecule has 0 spiro atoms. The Kier molecular flexibility index (Phi) is 3.92. The number of rotatable bonds is 5. The average Bonchev–Trinajstić information content (AvgIpc) is 3.35. The number of oxazole rings is 1. The molecule has 26 heavy (non-hydrogen) atoms. The van der Waals surface area contributed by atoms with Crippen molar-refractivity contribution in [2.75, 3.05) is 21.3 Å². The van der Waals surface area contributed by atoms with Crippen molar-refractivity contribution in [1.29, 1.82) is 0 Å². The summed E-state index contributed by atoms with van der Waals surface area (Å²) in [5, 5.41) is 7.63. The van der Waals surface area contributed by atoms with Crippen molar-refractivity contribution in [3.05, 3.63) is 43.0 Å². The number of fused-ring (bicyclic) bond motifs is 1. The highest BCUT2D eigenvalue weighted by molar-refractivity contribution is 5.79. The number of ether oxygens (including phenoxy) is 3. The molecule has 0 N–H and O–H groups in total. The van der Waals surface area contributed by atoms with Gasteiger partial charge in [-0.3, -0.25) is 4.57 Å². The average molecular weight is 352 g/mol. The van der Waals surface area contributed by atoms with E-state index >= 15 is 0 Å². The molecule has 2 heterocycles. The fraction of sp³-hybridized carbons (Fsp3) is 0.167. The van der Waals surface area contributed by atoms with E-state index in [9.17, 15) is 0 Å². The van der Waals surface area contributed by atoms with E-state index in [1.165, 1.54) is 0 Å². The summed E-state index contributed by atoms with van der Waals surface area (Å²) in [5.74, 6) is 2.05. The zero-order chi connectivity index (χ0) is 18.1. The summed E-state index contributed by atoms with van der Waals surface area (Å²) in [6, 6.07) is 9.28. The Morgan fingerprint density at radius 1 is 0.885 bits per heavy atom. The van der Waals surface area contributed by atoms with Crippen LogP contribution in [0, 0.1) is 0 Å². The van der Waals surface area contributed by atoms with Crippen molar-refractivity contribution >= 4 is 11.1 Å². The maximum Gasteiger partial charge on any atom is 0.227 e. The molecule has 0 saturated carbocycles. The van der Waals surface area contributed by atoms with Gasteiger partial charge in [-0.25, -0.2) is 4.98 Å². The lowest BCUT2D eigenvalue weighted by Crippen LogP contribution is -1.95. The summed E-state index contributed by atoms with van der Waals surface area (Å²) in [5.41, 5.74) is 3.01. The Hall–Kier alpha value is -3.55. The minimum atomic E-state index is 0.458. The summed E-state index contributed by atoms with van der Waals surface area (Å²) in [7, 11) is 4.70. The molecule has 0 bridgehead atoms. The van der Waals surface area contributed by atoms with Crippen LogP contribution in [0.25, 0.3) is 28.2 Å². The lowest BCUT2D eigenvalue weighted by atomic mass is 10.2. The fourth-order valence-electron chi connectivity index (χ4n) is 2.74. The Morgan fingerprint density at radius 3 is 2.19 bits per heavy atom. The lowest BCUT2D eigenvalue weighted by Gasteiger charge is -2.12. The quantitative estimate of drug-likeness (QED) is 0.545. The lowest BCUT2D eigenvalue weighted by molar-refractivity contribution is 0.324. The van der Waals surface area contributed by atoms with Crippen LogP contribution in [-0.2, 0) is 0 Å². The van der Waals surface area contributed by atoms with Crippen molar-refractivity contribution < 1.29 is 18.6 Å². The topological polar surface area (TPSA) is 84.4 Å². The van der Waals surface area contributed by atoms with Crippen molar-refractivity contribution in [1.82, 2.24) is 19.7 Å². The number of benzene rings is 2. The zero-order valence-electron chi connectivity index (χ0n) is 14.5. The third-order valence-electron chi connectivity index (χ3n) is 4.00. The fourth-order valence-corrected chi connectivity index (χ4v) is 2.74. The van der Waals surface area contributed by atoms with Gasteiger partial charge in [0.2, 0.25) is 11.6 Å². The van der Waals surface area contributed by atoms with Gasteiger partial charge in [0, 0.05) is 5.56 Å². The number of hydrogen-bond acceptors (Lipinski definition) is 7. The monoisotopic (exact) mass is 352 g/mol. The summed E-state index contributed by atoms with van der Waals surface area (Å²) < 4.78 is 23.8. The van der Waals surface area contributed by atoms with Crippen molar-refractivity contribution in [2.24, 2.45) is 0 Å². The van der Waals surface area contributed by atoms with E-state index in [4.69, 9.17) is 18.6 Å². The van der Waals surface area contributed by atoms with Gasteiger partial charge < -0.3 is 18.6 Å². The van der Waals surface area contributed by atoms with E-state index in [-0.39, 0.29) is 0 Å². The van der Waals surface area contributed by atoms with E-state index in [2.05, 4.69) is 15.2 Å². The van der Waals surface area contributed by atoms with Crippen LogP contribution in [0.1, 0.15) is 0 Å². The molecule has 0 aliphatic heterocycles. The molecule has 8 nitrogen and oxygen atoms in total. The van der Waals surface area contributed by atoms with Crippen LogP contribution in [0.15, 0.2) is 47.4 Å². The van der Waals surface area contributed by atoms with Gasteiger partial charge in [-0.2, -0.15) is 0 Å². The Labute approximate surface area is 149 Å². The maximum absolute atomic E-state index is 5.90. The van der Waals surface area contributed by atoms with E-state index in [0.29, 0.717) is 28.7 Å². The zero-order valence-corrected chi connectivity index (χ0v) is 14.5. The Morgan fingerprint density at radius 2 is 1.58 bits per heavy atom.